The van der Waals surface area contributed by atoms with Crippen molar-refractivity contribution in [3.63, 3.8) is 0 Å². The van der Waals surface area contributed by atoms with Gasteiger partial charge in [0.2, 0.25) is 5.95 Å². The molecule has 2 aromatic heterocycles. The van der Waals surface area contributed by atoms with E-state index in [0.717, 1.165) is 17.3 Å². The van der Waals surface area contributed by atoms with Gasteiger partial charge in [-0.2, -0.15) is 4.98 Å². The fourth-order valence-electron chi connectivity index (χ4n) is 1.95. The van der Waals surface area contributed by atoms with Crippen LogP contribution < -0.4 is 11.1 Å². The second-order valence-corrected chi connectivity index (χ2v) is 5.33. The molecule has 2 aromatic rings. The Morgan fingerprint density at radius 1 is 1.56 bits per heavy atom. The van der Waals surface area contributed by atoms with Gasteiger partial charge < -0.3 is 11.1 Å². The summed E-state index contributed by atoms with van der Waals surface area (Å²) in [7, 11) is 0. The summed E-state index contributed by atoms with van der Waals surface area (Å²) in [6, 6.07) is 2.02. The Balaban J connectivity index is 2.00. The van der Waals surface area contributed by atoms with Gasteiger partial charge in [0.15, 0.2) is 5.65 Å². The van der Waals surface area contributed by atoms with Crippen LogP contribution in [0.4, 0.5) is 5.95 Å². The minimum atomic E-state index is -0.126. The van der Waals surface area contributed by atoms with Crippen molar-refractivity contribution in [1.82, 2.24) is 19.9 Å². The monoisotopic (exact) mass is 309 g/mol. The number of pyridine rings is 1. The van der Waals surface area contributed by atoms with Gasteiger partial charge in [0.25, 0.3) is 5.91 Å². The van der Waals surface area contributed by atoms with Crippen LogP contribution in [-0.2, 0) is 0 Å². The smallest absolute Gasteiger partial charge is 0.255 e. The van der Waals surface area contributed by atoms with Crippen LogP contribution in [0.25, 0.3) is 5.65 Å². The molecular formula is C11H12BrN5O. The lowest BCUT2D eigenvalue weighted by Crippen LogP contribution is -2.39. The average molecular weight is 310 g/mol. The number of carbonyl (C=O) groups excluding carboxylic acids is 1. The Kier molecular flexibility index (Phi) is 2.70. The van der Waals surface area contributed by atoms with Crippen molar-refractivity contribution < 1.29 is 4.79 Å². The van der Waals surface area contributed by atoms with Crippen LogP contribution in [0.15, 0.2) is 16.7 Å². The molecular weight excluding hydrogens is 298 g/mol. The first-order valence-corrected chi connectivity index (χ1v) is 6.55. The van der Waals surface area contributed by atoms with Gasteiger partial charge in [-0.3, -0.25) is 4.79 Å². The summed E-state index contributed by atoms with van der Waals surface area (Å²) in [5, 5.41) is 6.98. The molecule has 1 aliphatic rings. The molecule has 6 nitrogen and oxygen atoms in total. The number of nitrogens with one attached hydrogen (secondary N) is 1. The maximum absolute atomic E-state index is 12.2. The summed E-state index contributed by atoms with van der Waals surface area (Å²) < 4.78 is 2.27. The van der Waals surface area contributed by atoms with Gasteiger partial charge in [-0.1, -0.05) is 0 Å². The SMILES string of the molecule is Nc1nc2c(C(=O)NC3CCC3)cc(Br)cn2n1. The van der Waals surface area contributed by atoms with Gasteiger partial charge in [0.1, 0.15) is 0 Å². The predicted octanol–water partition coefficient (Wildman–Crippen LogP) is 1.36. The third-order valence-electron chi connectivity index (χ3n) is 3.10. The lowest BCUT2D eigenvalue weighted by atomic mass is 9.93. The lowest BCUT2D eigenvalue weighted by molar-refractivity contribution is 0.0918. The molecule has 0 atom stereocenters. The standard InChI is InChI=1S/C11H12BrN5O/c12-6-4-8(10(18)14-7-2-1-3-7)9-15-11(13)16-17(9)5-6/h4-5,7H,1-3H2,(H2,13,16)(H,14,18). The third kappa shape index (κ3) is 1.94. The zero-order valence-electron chi connectivity index (χ0n) is 9.56. The van der Waals surface area contributed by atoms with Crippen molar-refractivity contribution in [2.24, 2.45) is 0 Å². The molecule has 18 heavy (non-hydrogen) atoms. The van der Waals surface area contributed by atoms with Crippen molar-refractivity contribution >= 4 is 33.4 Å². The van der Waals surface area contributed by atoms with Crippen LogP contribution in [0.2, 0.25) is 0 Å². The molecule has 0 aliphatic heterocycles. The number of nitrogens with zero attached hydrogens (tertiary/aromatic N) is 3. The van der Waals surface area contributed by atoms with Crippen molar-refractivity contribution in [3.05, 3.63) is 22.3 Å². The minimum Gasteiger partial charge on any atom is -0.366 e. The van der Waals surface area contributed by atoms with Crippen LogP contribution in [0, 0.1) is 0 Å². The van der Waals surface area contributed by atoms with Crippen molar-refractivity contribution in [3.8, 4) is 0 Å². The topological polar surface area (TPSA) is 85.3 Å². The first kappa shape index (κ1) is 11.5. The summed E-state index contributed by atoms with van der Waals surface area (Å²) in [5.74, 6) is 0.0317. The maximum Gasteiger partial charge on any atom is 0.255 e. The minimum absolute atomic E-state index is 0.126. The second kappa shape index (κ2) is 4.24. The third-order valence-corrected chi connectivity index (χ3v) is 3.54. The molecule has 1 aliphatic carbocycles. The Hall–Kier alpha value is -1.63. The Morgan fingerprint density at radius 2 is 2.33 bits per heavy atom. The summed E-state index contributed by atoms with van der Waals surface area (Å²) >= 11 is 3.35. The van der Waals surface area contributed by atoms with E-state index in [4.69, 9.17) is 5.73 Å². The van der Waals surface area contributed by atoms with E-state index >= 15 is 0 Å². The maximum atomic E-state index is 12.2. The first-order valence-electron chi connectivity index (χ1n) is 5.76. The number of anilines is 1. The number of nitrogens with two attached hydrogens (primary N) is 1. The number of amides is 1. The van der Waals surface area contributed by atoms with E-state index in [0.29, 0.717) is 11.2 Å². The van der Waals surface area contributed by atoms with Gasteiger partial charge in [0.05, 0.1) is 5.56 Å². The van der Waals surface area contributed by atoms with Crippen LogP contribution in [0.5, 0.6) is 0 Å². The van der Waals surface area contributed by atoms with Gasteiger partial charge in [-0.05, 0) is 41.3 Å². The van der Waals surface area contributed by atoms with Gasteiger partial charge in [-0.15, -0.1) is 5.10 Å². The Morgan fingerprint density at radius 3 is 3.00 bits per heavy atom. The normalized spacial score (nSPS) is 15.6. The number of hydrogen-bond donors (Lipinski definition) is 2. The molecule has 1 fully saturated rings. The van der Waals surface area contributed by atoms with Crippen molar-refractivity contribution in [1.29, 1.82) is 0 Å². The zero-order chi connectivity index (χ0) is 12.7. The summed E-state index contributed by atoms with van der Waals surface area (Å²) in [4.78, 5) is 16.2. The van der Waals surface area contributed by atoms with Crippen molar-refractivity contribution in [2.75, 3.05) is 5.73 Å². The fourth-order valence-corrected chi connectivity index (χ4v) is 2.38. The van der Waals surface area contributed by atoms with E-state index < -0.39 is 0 Å². The molecule has 0 aromatic carbocycles. The van der Waals surface area contributed by atoms with E-state index in [9.17, 15) is 4.79 Å². The van der Waals surface area contributed by atoms with E-state index in [1.807, 2.05) is 0 Å². The largest absolute Gasteiger partial charge is 0.366 e. The molecule has 3 N–H and O–H groups in total. The predicted molar refractivity (Wildman–Crippen MR) is 70.2 cm³/mol. The summed E-state index contributed by atoms with van der Waals surface area (Å²) in [6.07, 6.45) is 4.99. The quantitative estimate of drug-likeness (QED) is 0.877. The highest BCUT2D eigenvalue weighted by Crippen LogP contribution is 2.21. The summed E-state index contributed by atoms with van der Waals surface area (Å²) in [5.41, 5.74) is 6.52. The zero-order valence-corrected chi connectivity index (χ0v) is 11.1. The Labute approximate surface area is 112 Å². The number of halogens is 1. The van der Waals surface area contributed by atoms with Gasteiger partial charge in [-0.25, -0.2) is 4.52 Å². The molecule has 0 spiro atoms. The Bertz CT molecular complexity index is 619. The highest BCUT2D eigenvalue weighted by molar-refractivity contribution is 9.10. The number of aromatic nitrogens is 3. The second-order valence-electron chi connectivity index (χ2n) is 4.41. The van der Waals surface area contributed by atoms with Gasteiger partial charge in [0, 0.05) is 16.7 Å². The molecule has 3 rings (SSSR count). The number of hydrogen-bond acceptors (Lipinski definition) is 4. The molecule has 0 bridgehead atoms. The molecule has 0 unspecified atom stereocenters. The van der Waals surface area contributed by atoms with Crippen LogP contribution in [-0.4, -0.2) is 26.5 Å². The molecule has 94 valence electrons. The molecule has 0 saturated heterocycles. The number of rotatable bonds is 2. The number of fused-ring (bicyclic) bond motifs is 1. The van der Waals surface area contributed by atoms with Crippen LogP contribution >= 0.6 is 15.9 Å². The fraction of sp³-hybridized carbons (Fsp3) is 0.364. The highest BCUT2D eigenvalue weighted by Gasteiger charge is 2.22. The lowest BCUT2D eigenvalue weighted by Gasteiger charge is -2.26. The first-order chi connectivity index (χ1) is 8.63. The number of carbonyl (C=O) groups is 1. The molecule has 7 heteroatoms. The molecule has 2 heterocycles. The van der Waals surface area contributed by atoms with E-state index in [2.05, 4.69) is 31.3 Å². The summed E-state index contributed by atoms with van der Waals surface area (Å²) in [6.45, 7) is 0. The van der Waals surface area contributed by atoms with Crippen LogP contribution in [0.1, 0.15) is 29.6 Å². The molecule has 0 radical (unpaired) electrons. The number of nitrogen functional groups attached to an aromatic ring is 1. The molecule has 1 saturated carbocycles. The average Bonchev–Trinajstić information content (AvgIpc) is 2.62. The molecule has 1 amide bonds. The van der Waals surface area contributed by atoms with Crippen molar-refractivity contribution in [2.45, 2.75) is 25.3 Å². The highest BCUT2D eigenvalue weighted by atomic mass is 79.9. The van der Waals surface area contributed by atoms with E-state index in [1.54, 1.807) is 12.3 Å². The van der Waals surface area contributed by atoms with E-state index in [-0.39, 0.29) is 17.9 Å². The van der Waals surface area contributed by atoms with Gasteiger partial charge >= 0.3 is 0 Å². The van der Waals surface area contributed by atoms with Crippen LogP contribution in [0.3, 0.4) is 0 Å². The van der Waals surface area contributed by atoms with E-state index in [1.165, 1.54) is 10.9 Å².